The summed E-state index contributed by atoms with van der Waals surface area (Å²) in [5.41, 5.74) is 5.62. The average molecular weight is 363 g/mol. The first kappa shape index (κ1) is 20.4. The van der Waals surface area contributed by atoms with Crippen LogP contribution in [0.3, 0.4) is 0 Å². The van der Waals surface area contributed by atoms with E-state index in [-0.39, 0.29) is 31.9 Å². The molecular weight excluding hydrogens is 337 g/mol. The molecule has 142 valence electrons. The highest BCUT2D eigenvalue weighted by molar-refractivity contribution is 6.40. The molecule has 1 amide bonds. The summed E-state index contributed by atoms with van der Waals surface area (Å²) in [4.78, 5) is 25.5. The van der Waals surface area contributed by atoms with Gasteiger partial charge >= 0.3 is 13.1 Å². The Morgan fingerprint density at radius 1 is 1.31 bits per heavy atom. The van der Waals surface area contributed by atoms with Gasteiger partial charge in [0.25, 0.3) is 0 Å². The summed E-state index contributed by atoms with van der Waals surface area (Å²) in [5, 5.41) is 30.4. The molecule has 26 heavy (non-hydrogen) atoms. The number of hydrogen-bond donors (Lipinski definition) is 5. The van der Waals surface area contributed by atoms with Crippen molar-refractivity contribution in [1.29, 1.82) is 0 Å². The zero-order chi connectivity index (χ0) is 19.2. The molecule has 0 radical (unpaired) electrons. The second-order valence-corrected chi connectivity index (χ2v) is 6.82. The number of aliphatic carboxylic acids is 1. The third kappa shape index (κ3) is 5.28. The van der Waals surface area contributed by atoms with Crippen LogP contribution < -0.4 is 11.1 Å². The number of benzene rings is 1. The fourth-order valence-electron chi connectivity index (χ4n) is 3.29. The summed E-state index contributed by atoms with van der Waals surface area (Å²) in [6.45, 7) is 0.869. The second kappa shape index (κ2) is 9.13. The van der Waals surface area contributed by atoms with Gasteiger partial charge in [0.1, 0.15) is 5.54 Å². The van der Waals surface area contributed by atoms with Crippen LogP contribution >= 0.6 is 0 Å². The van der Waals surface area contributed by atoms with Crippen LogP contribution in [0.4, 0.5) is 0 Å². The molecule has 1 aliphatic heterocycles. The number of carbonyl (C=O) groups is 2. The van der Waals surface area contributed by atoms with E-state index < -0.39 is 24.5 Å². The first-order valence-corrected chi connectivity index (χ1v) is 8.73. The van der Waals surface area contributed by atoms with Crippen LogP contribution in [0, 0.1) is 5.92 Å². The molecule has 1 aromatic carbocycles. The summed E-state index contributed by atoms with van der Waals surface area (Å²) in [7, 11) is -1.42. The van der Waals surface area contributed by atoms with Gasteiger partial charge in [-0.15, -0.1) is 0 Å². The van der Waals surface area contributed by atoms with Gasteiger partial charge in [0.15, 0.2) is 0 Å². The van der Waals surface area contributed by atoms with Gasteiger partial charge in [-0.25, -0.2) is 0 Å². The van der Waals surface area contributed by atoms with Gasteiger partial charge in [-0.2, -0.15) is 0 Å². The van der Waals surface area contributed by atoms with Gasteiger partial charge in [0.2, 0.25) is 5.91 Å². The summed E-state index contributed by atoms with van der Waals surface area (Å²) in [5.74, 6) is -1.75. The fraction of sp³-hybridized carbons (Fsp3) is 0.529. The van der Waals surface area contributed by atoms with Crippen molar-refractivity contribution < 1.29 is 24.7 Å². The van der Waals surface area contributed by atoms with E-state index in [1.165, 1.54) is 4.90 Å². The molecule has 1 aliphatic rings. The van der Waals surface area contributed by atoms with Crippen molar-refractivity contribution in [2.75, 3.05) is 19.6 Å². The van der Waals surface area contributed by atoms with E-state index >= 15 is 0 Å². The molecule has 8 nitrogen and oxygen atoms in total. The molecule has 2 rings (SSSR count). The Balaban J connectivity index is 1.88. The smallest absolute Gasteiger partial charge is 0.451 e. The van der Waals surface area contributed by atoms with Crippen LogP contribution in [-0.2, 0) is 16.1 Å². The number of rotatable bonds is 9. The highest BCUT2D eigenvalue weighted by Gasteiger charge is 2.50. The van der Waals surface area contributed by atoms with Crippen molar-refractivity contribution in [2.45, 2.75) is 31.2 Å². The lowest BCUT2D eigenvalue weighted by molar-refractivity contribution is -0.144. The van der Waals surface area contributed by atoms with E-state index in [0.29, 0.717) is 19.4 Å². The maximum Gasteiger partial charge on any atom is 0.451 e. The largest absolute Gasteiger partial charge is 0.480 e. The van der Waals surface area contributed by atoms with Crippen molar-refractivity contribution in [3.05, 3.63) is 35.9 Å². The molecule has 1 fully saturated rings. The molecule has 0 aromatic heterocycles. The number of amides is 1. The number of carbonyl (C=O) groups excluding carboxylic acids is 1. The lowest BCUT2D eigenvalue weighted by Crippen LogP contribution is -2.55. The SMILES string of the molecule is NC1(C(=O)O)CN(C(=O)CNCc2ccccc2)CC1CCCB(O)O. The van der Waals surface area contributed by atoms with Crippen molar-refractivity contribution >= 4 is 19.0 Å². The lowest BCUT2D eigenvalue weighted by atomic mass is 9.78. The van der Waals surface area contributed by atoms with Gasteiger partial charge in [0, 0.05) is 25.6 Å². The first-order valence-electron chi connectivity index (χ1n) is 8.73. The first-order chi connectivity index (χ1) is 12.3. The normalized spacial score (nSPS) is 22.4. The van der Waals surface area contributed by atoms with Gasteiger partial charge in [-0.05, 0) is 18.3 Å². The minimum atomic E-state index is -1.50. The molecular formula is C17H26BN3O5. The number of nitrogens with zero attached hydrogens (tertiary/aromatic N) is 1. The lowest BCUT2D eigenvalue weighted by Gasteiger charge is -2.25. The fourth-order valence-corrected chi connectivity index (χ4v) is 3.29. The molecule has 1 heterocycles. The molecule has 0 spiro atoms. The summed E-state index contributed by atoms with van der Waals surface area (Å²) >= 11 is 0. The van der Waals surface area contributed by atoms with E-state index in [1.807, 2.05) is 30.3 Å². The van der Waals surface area contributed by atoms with Gasteiger partial charge in [-0.3, -0.25) is 9.59 Å². The Bertz CT molecular complexity index is 616. The van der Waals surface area contributed by atoms with Crippen molar-refractivity contribution in [3.8, 4) is 0 Å². The van der Waals surface area contributed by atoms with Gasteiger partial charge in [-0.1, -0.05) is 36.8 Å². The molecule has 0 aliphatic carbocycles. The minimum Gasteiger partial charge on any atom is -0.480 e. The highest BCUT2D eigenvalue weighted by Crippen LogP contribution is 2.30. The third-order valence-corrected chi connectivity index (χ3v) is 4.84. The van der Waals surface area contributed by atoms with Gasteiger partial charge in [0.05, 0.1) is 6.54 Å². The average Bonchev–Trinajstić information content (AvgIpc) is 2.94. The Morgan fingerprint density at radius 2 is 2.00 bits per heavy atom. The van der Waals surface area contributed by atoms with E-state index in [4.69, 9.17) is 15.8 Å². The van der Waals surface area contributed by atoms with E-state index in [0.717, 1.165) is 5.56 Å². The number of carboxylic acid groups (broad SMARTS) is 1. The number of nitrogens with one attached hydrogen (secondary N) is 1. The third-order valence-electron chi connectivity index (χ3n) is 4.84. The van der Waals surface area contributed by atoms with Crippen LogP contribution in [0.25, 0.3) is 0 Å². The van der Waals surface area contributed by atoms with Crippen molar-refractivity contribution in [1.82, 2.24) is 10.2 Å². The Labute approximate surface area is 153 Å². The zero-order valence-electron chi connectivity index (χ0n) is 14.7. The van der Waals surface area contributed by atoms with E-state index in [2.05, 4.69) is 5.32 Å². The molecule has 0 saturated carbocycles. The molecule has 2 unspecified atom stereocenters. The zero-order valence-corrected chi connectivity index (χ0v) is 14.7. The second-order valence-electron chi connectivity index (χ2n) is 6.82. The maximum absolute atomic E-state index is 12.4. The van der Waals surface area contributed by atoms with Gasteiger partial charge < -0.3 is 31.1 Å². The molecule has 1 aromatic rings. The number of likely N-dealkylation sites (tertiary alicyclic amines) is 1. The minimum absolute atomic E-state index is 0.0411. The summed E-state index contributed by atoms with van der Waals surface area (Å²) in [6, 6.07) is 9.66. The van der Waals surface area contributed by atoms with Crippen LogP contribution in [0.2, 0.25) is 6.32 Å². The standard InChI is InChI=1S/C17H26BN3O5/c19-17(16(23)24)12-21(11-14(17)7-4-8-18(25)26)15(22)10-20-9-13-5-2-1-3-6-13/h1-3,5-6,14,20,25-26H,4,7-12,19H2,(H,23,24). The predicted molar refractivity (Wildman–Crippen MR) is 97.0 cm³/mol. The molecule has 1 saturated heterocycles. The monoisotopic (exact) mass is 363 g/mol. The maximum atomic E-state index is 12.4. The van der Waals surface area contributed by atoms with E-state index in [1.54, 1.807) is 0 Å². The van der Waals surface area contributed by atoms with Crippen molar-refractivity contribution in [3.63, 3.8) is 0 Å². The molecule has 0 bridgehead atoms. The van der Waals surface area contributed by atoms with Crippen LogP contribution in [0.5, 0.6) is 0 Å². The summed E-state index contributed by atoms with van der Waals surface area (Å²) in [6.07, 6.45) is 1.00. The van der Waals surface area contributed by atoms with E-state index in [9.17, 15) is 14.7 Å². The Morgan fingerprint density at radius 3 is 2.62 bits per heavy atom. The van der Waals surface area contributed by atoms with Crippen molar-refractivity contribution in [2.24, 2.45) is 11.7 Å². The number of hydrogen-bond acceptors (Lipinski definition) is 6. The summed E-state index contributed by atoms with van der Waals surface area (Å²) < 4.78 is 0. The molecule has 2 atom stereocenters. The Hall–Kier alpha value is -1.94. The quantitative estimate of drug-likeness (QED) is 0.365. The number of nitrogens with two attached hydrogens (primary N) is 1. The van der Waals surface area contributed by atoms with Crippen LogP contribution in [0.1, 0.15) is 18.4 Å². The Kier molecular flexibility index (Phi) is 7.16. The predicted octanol–water partition coefficient (Wildman–Crippen LogP) is -0.730. The van der Waals surface area contributed by atoms with Crippen LogP contribution in [-0.4, -0.2) is 64.2 Å². The molecule has 9 heteroatoms. The topological polar surface area (TPSA) is 136 Å². The highest BCUT2D eigenvalue weighted by atomic mass is 16.4. The number of carboxylic acids is 1. The molecule has 6 N–H and O–H groups in total. The van der Waals surface area contributed by atoms with Crippen LogP contribution in [0.15, 0.2) is 30.3 Å².